The van der Waals surface area contributed by atoms with Crippen molar-refractivity contribution in [2.45, 2.75) is 26.7 Å². The molecule has 0 fully saturated rings. The zero-order valence-electron chi connectivity index (χ0n) is 9.67. The number of halogens is 4. The van der Waals surface area contributed by atoms with Crippen LogP contribution in [-0.4, -0.2) is 36.8 Å². The highest BCUT2D eigenvalue weighted by Gasteiger charge is 2.20. The summed E-state index contributed by atoms with van der Waals surface area (Å²) >= 11 is 0. The SMILES string of the molecule is CCCCN1C=CN(CC)C1.F[B-](F)(F)F. The molecular weight excluding hydrogens is 223 g/mol. The molecule has 0 unspecified atom stereocenters. The second kappa shape index (κ2) is 7.41. The van der Waals surface area contributed by atoms with Gasteiger partial charge in [0.05, 0.1) is 6.67 Å². The summed E-state index contributed by atoms with van der Waals surface area (Å²) in [4.78, 5) is 4.68. The summed E-state index contributed by atoms with van der Waals surface area (Å²) < 4.78 is 39.0. The van der Waals surface area contributed by atoms with E-state index in [1.807, 2.05) is 0 Å². The van der Waals surface area contributed by atoms with Gasteiger partial charge in [-0.15, -0.1) is 0 Å². The quantitative estimate of drug-likeness (QED) is 0.551. The lowest BCUT2D eigenvalue weighted by atomic mass is 10.3. The average Bonchev–Trinajstić information content (AvgIpc) is 2.59. The van der Waals surface area contributed by atoms with Crippen molar-refractivity contribution in [3.8, 4) is 0 Å². The predicted molar refractivity (Wildman–Crippen MR) is 58.2 cm³/mol. The molecule has 1 aliphatic rings. The van der Waals surface area contributed by atoms with E-state index in [4.69, 9.17) is 0 Å². The Hall–Kier alpha value is -0.875. The lowest BCUT2D eigenvalue weighted by molar-refractivity contribution is 0.270. The Balaban J connectivity index is 0.000000385. The first-order valence-electron chi connectivity index (χ1n) is 5.40. The van der Waals surface area contributed by atoms with E-state index in [1.54, 1.807) is 0 Å². The Labute approximate surface area is 94.0 Å². The molecule has 0 aromatic heterocycles. The molecule has 0 spiro atoms. The van der Waals surface area contributed by atoms with Crippen molar-refractivity contribution in [1.29, 1.82) is 0 Å². The van der Waals surface area contributed by atoms with Gasteiger partial charge in [-0.25, -0.2) is 0 Å². The third kappa shape index (κ3) is 9.67. The normalized spacial score (nSPS) is 15.1. The van der Waals surface area contributed by atoms with Crippen LogP contribution in [0.15, 0.2) is 12.4 Å². The molecule has 7 heteroatoms. The summed E-state index contributed by atoms with van der Waals surface area (Å²) in [5.41, 5.74) is 0. The van der Waals surface area contributed by atoms with Gasteiger partial charge in [0.25, 0.3) is 0 Å². The standard InChI is InChI=1S/C9H18N2.BF4/c1-3-5-6-11-8-7-10(4-2)9-11;2-1(3,4)5/h7-8H,3-6,9H2,1-2H3;/q;-1. The average molecular weight is 241 g/mol. The van der Waals surface area contributed by atoms with Crippen molar-refractivity contribution < 1.29 is 17.3 Å². The van der Waals surface area contributed by atoms with Gasteiger partial charge in [-0.1, -0.05) is 13.3 Å². The van der Waals surface area contributed by atoms with Gasteiger partial charge in [0.1, 0.15) is 0 Å². The molecule has 16 heavy (non-hydrogen) atoms. The topological polar surface area (TPSA) is 6.48 Å². The fraction of sp³-hybridized carbons (Fsp3) is 0.778. The van der Waals surface area contributed by atoms with E-state index < -0.39 is 7.25 Å². The van der Waals surface area contributed by atoms with Crippen LogP contribution in [0.2, 0.25) is 0 Å². The summed E-state index contributed by atoms with van der Waals surface area (Å²) in [5, 5.41) is 0. The Morgan fingerprint density at radius 3 is 1.94 bits per heavy atom. The van der Waals surface area contributed by atoms with Gasteiger partial charge in [-0.05, 0) is 13.3 Å². The molecule has 0 aromatic carbocycles. The third-order valence-electron chi connectivity index (χ3n) is 2.06. The Bertz CT molecular complexity index is 202. The van der Waals surface area contributed by atoms with Gasteiger partial charge in [-0.2, -0.15) is 0 Å². The highest BCUT2D eigenvalue weighted by atomic mass is 19.5. The number of nitrogens with zero attached hydrogens (tertiary/aromatic N) is 2. The molecule has 1 aliphatic heterocycles. The lowest BCUT2D eigenvalue weighted by Gasteiger charge is -2.19. The molecule has 96 valence electrons. The maximum absolute atomic E-state index is 9.75. The van der Waals surface area contributed by atoms with Crippen molar-refractivity contribution in [3.63, 3.8) is 0 Å². The molecule has 0 saturated heterocycles. The van der Waals surface area contributed by atoms with Gasteiger partial charge in [-0.3, -0.25) is 0 Å². The molecular formula is C9H18BF4N2-. The fourth-order valence-corrected chi connectivity index (χ4v) is 1.23. The smallest absolute Gasteiger partial charge is 0.418 e. The summed E-state index contributed by atoms with van der Waals surface area (Å²) in [5.74, 6) is 0. The summed E-state index contributed by atoms with van der Waals surface area (Å²) in [7, 11) is -6.00. The van der Waals surface area contributed by atoms with E-state index in [1.165, 1.54) is 19.4 Å². The third-order valence-corrected chi connectivity index (χ3v) is 2.06. The van der Waals surface area contributed by atoms with Crippen molar-refractivity contribution >= 4 is 7.25 Å². The number of rotatable bonds is 4. The maximum atomic E-state index is 9.75. The number of hydrogen-bond donors (Lipinski definition) is 0. The van der Waals surface area contributed by atoms with Gasteiger partial charge in [0, 0.05) is 25.5 Å². The second-order valence-corrected chi connectivity index (χ2v) is 3.51. The highest BCUT2D eigenvalue weighted by molar-refractivity contribution is 6.50. The van der Waals surface area contributed by atoms with Crippen LogP contribution in [0, 0.1) is 0 Å². The molecule has 0 bridgehead atoms. The van der Waals surface area contributed by atoms with Crippen LogP contribution in [0.25, 0.3) is 0 Å². The van der Waals surface area contributed by atoms with Crippen molar-refractivity contribution in [2.75, 3.05) is 19.8 Å². The van der Waals surface area contributed by atoms with Gasteiger partial charge >= 0.3 is 7.25 Å². The first-order chi connectivity index (χ1) is 7.36. The van der Waals surface area contributed by atoms with Crippen LogP contribution in [0.3, 0.4) is 0 Å². The molecule has 0 aromatic rings. The molecule has 0 atom stereocenters. The summed E-state index contributed by atoms with van der Waals surface area (Å²) in [6.07, 6.45) is 6.97. The predicted octanol–water partition coefficient (Wildman–Crippen LogP) is 3.15. The summed E-state index contributed by atoms with van der Waals surface area (Å²) in [6, 6.07) is 0. The molecule has 0 aliphatic carbocycles. The van der Waals surface area contributed by atoms with Crippen LogP contribution in [0.5, 0.6) is 0 Å². The Kier molecular flexibility index (Phi) is 7.00. The van der Waals surface area contributed by atoms with Crippen molar-refractivity contribution in [2.24, 2.45) is 0 Å². The number of hydrogen-bond acceptors (Lipinski definition) is 2. The van der Waals surface area contributed by atoms with Crippen molar-refractivity contribution in [3.05, 3.63) is 12.4 Å². The molecule has 0 saturated carbocycles. The zero-order chi connectivity index (χ0) is 12.6. The van der Waals surface area contributed by atoms with Crippen molar-refractivity contribution in [1.82, 2.24) is 9.80 Å². The van der Waals surface area contributed by atoms with Gasteiger partial charge in [0.15, 0.2) is 0 Å². The second-order valence-electron chi connectivity index (χ2n) is 3.51. The Morgan fingerprint density at radius 2 is 1.56 bits per heavy atom. The highest BCUT2D eigenvalue weighted by Crippen LogP contribution is 2.07. The van der Waals surface area contributed by atoms with E-state index in [0.717, 1.165) is 13.2 Å². The van der Waals surface area contributed by atoms with Crippen LogP contribution in [-0.2, 0) is 0 Å². The monoisotopic (exact) mass is 241 g/mol. The molecule has 1 rings (SSSR count). The number of unbranched alkanes of at least 4 members (excludes halogenated alkanes) is 1. The van der Waals surface area contributed by atoms with Crippen LogP contribution < -0.4 is 0 Å². The van der Waals surface area contributed by atoms with E-state index in [9.17, 15) is 17.3 Å². The van der Waals surface area contributed by atoms with Crippen LogP contribution in [0.1, 0.15) is 26.7 Å². The van der Waals surface area contributed by atoms with Crippen LogP contribution >= 0.6 is 0 Å². The van der Waals surface area contributed by atoms with E-state index in [-0.39, 0.29) is 0 Å². The minimum atomic E-state index is -6.00. The molecule has 0 radical (unpaired) electrons. The Morgan fingerprint density at radius 1 is 1.06 bits per heavy atom. The van der Waals surface area contributed by atoms with E-state index >= 15 is 0 Å². The first kappa shape index (κ1) is 15.1. The molecule has 2 nitrogen and oxygen atoms in total. The summed E-state index contributed by atoms with van der Waals surface area (Å²) in [6.45, 7) is 7.85. The van der Waals surface area contributed by atoms with E-state index in [2.05, 4.69) is 36.0 Å². The zero-order valence-corrected chi connectivity index (χ0v) is 9.67. The maximum Gasteiger partial charge on any atom is 0.673 e. The minimum absolute atomic E-state index is 1.09. The van der Waals surface area contributed by atoms with Gasteiger partial charge in [0.2, 0.25) is 0 Å². The largest absolute Gasteiger partial charge is 0.673 e. The first-order valence-corrected chi connectivity index (χ1v) is 5.40. The molecule has 0 amide bonds. The lowest BCUT2D eigenvalue weighted by Crippen LogP contribution is -2.25. The minimum Gasteiger partial charge on any atom is -0.418 e. The fourth-order valence-electron chi connectivity index (χ4n) is 1.23. The molecule has 0 N–H and O–H groups in total. The van der Waals surface area contributed by atoms with E-state index in [0.29, 0.717) is 0 Å². The van der Waals surface area contributed by atoms with Gasteiger partial charge < -0.3 is 27.1 Å². The van der Waals surface area contributed by atoms with Crippen LogP contribution in [0.4, 0.5) is 17.3 Å². The molecule has 1 heterocycles.